The van der Waals surface area contributed by atoms with E-state index >= 15 is 0 Å². The van der Waals surface area contributed by atoms with Crippen molar-refractivity contribution in [3.8, 4) is 0 Å². The summed E-state index contributed by atoms with van der Waals surface area (Å²) in [7, 11) is 3.85. The molecule has 2 aromatic carbocycles. The number of carbonyl (C=O) groups excluding carboxylic acids is 4. The molecule has 9 heteroatoms. The number of unbranched alkanes of at least 4 members (excludes halogenated alkanes) is 1. The minimum absolute atomic E-state index is 0.184. The minimum Gasteiger partial charge on any atom is -0.350 e. The van der Waals surface area contributed by atoms with E-state index in [1.54, 1.807) is 6.92 Å². The van der Waals surface area contributed by atoms with Crippen LogP contribution in [0, 0.1) is 5.92 Å². The van der Waals surface area contributed by atoms with Gasteiger partial charge in [0.15, 0.2) is 0 Å². The third-order valence-corrected chi connectivity index (χ3v) is 9.97. The molecule has 0 radical (unpaired) electrons. The van der Waals surface area contributed by atoms with E-state index in [1.165, 1.54) is 12.2 Å². The van der Waals surface area contributed by atoms with Gasteiger partial charge in [-0.1, -0.05) is 103 Å². The van der Waals surface area contributed by atoms with Gasteiger partial charge in [-0.2, -0.15) is 0 Å². The maximum Gasteiger partial charge on any atom is 0.289 e. The molecule has 0 spiro atoms. The van der Waals surface area contributed by atoms with Gasteiger partial charge in [-0.05, 0) is 43.2 Å². The van der Waals surface area contributed by atoms with E-state index in [0.29, 0.717) is 11.7 Å². The third kappa shape index (κ3) is 9.41. The Morgan fingerprint density at radius 1 is 0.875 bits per heavy atom. The number of likely N-dealkylation sites (N-methyl/N-ethyl adjacent to an activating group) is 1. The number of carbonyl (C=O) groups is 4. The third-order valence-electron chi connectivity index (χ3n) is 6.96. The molecular formula is C31H41N3O4S2. The van der Waals surface area contributed by atoms with Gasteiger partial charge in [-0.3, -0.25) is 19.2 Å². The summed E-state index contributed by atoms with van der Waals surface area (Å²) < 4.78 is 0. The summed E-state index contributed by atoms with van der Waals surface area (Å²) in [4.78, 5) is 52.8. The lowest BCUT2D eigenvalue weighted by Crippen LogP contribution is -2.57. The van der Waals surface area contributed by atoms with E-state index in [2.05, 4.69) is 16.0 Å². The van der Waals surface area contributed by atoms with Crippen molar-refractivity contribution in [1.29, 1.82) is 0 Å². The van der Waals surface area contributed by atoms with Crippen LogP contribution in [0.3, 0.4) is 0 Å². The zero-order valence-corrected chi connectivity index (χ0v) is 25.2. The second-order valence-corrected chi connectivity index (χ2v) is 13.2. The average molecular weight is 584 g/mol. The topological polar surface area (TPSA) is 104 Å². The predicted octanol–water partition coefficient (Wildman–Crippen LogP) is 4.86. The van der Waals surface area contributed by atoms with E-state index in [0.717, 1.165) is 30.4 Å². The first-order valence-electron chi connectivity index (χ1n) is 14.1. The lowest BCUT2D eigenvalue weighted by Gasteiger charge is -2.30. The van der Waals surface area contributed by atoms with Crippen LogP contribution in [0.4, 0.5) is 0 Å². The van der Waals surface area contributed by atoms with Gasteiger partial charge in [0.1, 0.15) is 12.1 Å². The van der Waals surface area contributed by atoms with Crippen molar-refractivity contribution in [1.82, 2.24) is 16.0 Å². The number of Topliss-reactive ketones (excluding diaryl/α,β-unsaturated/α-hetero) is 1. The van der Waals surface area contributed by atoms with Crippen molar-refractivity contribution >= 4 is 45.1 Å². The van der Waals surface area contributed by atoms with Crippen LogP contribution in [0.15, 0.2) is 60.7 Å². The highest BCUT2D eigenvalue weighted by Gasteiger charge is 2.37. The van der Waals surface area contributed by atoms with E-state index in [1.807, 2.05) is 96.1 Å². The second kappa shape index (κ2) is 16.5. The van der Waals surface area contributed by atoms with E-state index in [4.69, 9.17) is 0 Å². The van der Waals surface area contributed by atoms with Crippen LogP contribution in [-0.2, 0) is 19.2 Å². The number of hydrogen-bond donors (Lipinski definition) is 3. The molecule has 0 bridgehead atoms. The van der Waals surface area contributed by atoms with Gasteiger partial charge in [0.2, 0.25) is 17.6 Å². The molecule has 3 atom stereocenters. The molecule has 1 saturated heterocycles. The van der Waals surface area contributed by atoms with Crippen LogP contribution in [0.1, 0.15) is 69.9 Å². The highest BCUT2D eigenvalue weighted by molar-refractivity contribution is 8.77. The van der Waals surface area contributed by atoms with Crippen molar-refractivity contribution < 1.29 is 19.2 Å². The molecule has 3 rings (SSSR count). The molecule has 0 saturated carbocycles. The van der Waals surface area contributed by atoms with E-state index in [-0.39, 0.29) is 18.4 Å². The lowest BCUT2D eigenvalue weighted by molar-refractivity contribution is -0.140. The number of ketones is 1. The van der Waals surface area contributed by atoms with Crippen molar-refractivity contribution in [2.24, 2.45) is 5.92 Å². The van der Waals surface area contributed by atoms with Crippen molar-refractivity contribution in [2.75, 3.05) is 12.3 Å². The van der Waals surface area contributed by atoms with Gasteiger partial charge in [0.05, 0.1) is 0 Å². The van der Waals surface area contributed by atoms with E-state index in [9.17, 15) is 19.2 Å². The largest absolute Gasteiger partial charge is 0.350 e. The number of amides is 3. The zero-order chi connectivity index (χ0) is 28.9. The molecule has 216 valence electrons. The second-order valence-electron chi connectivity index (χ2n) is 10.4. The van der Waals surface area contributed by atoms with Crippen LogP contribution in [-0.4, -0.2) is 53.1 Å². The maximum absolute atomic E-state index is 13.7. The maximum atomic E-state index is 13.7. The predicted molar refractivity (Wildman–Crippen MR) is 164 cm³/mol. The van der Waals surface area contributed by atoms with Crippen LogP contribution < -0.4 is 16.0 Å². The van der Waals surface area contributed by atoms with Gasteiger partial charge >= 0.3 is 0 Å². The molecule has 3 N–H and O–H groups in total. The molecule has 1 aliphatic heterocycles. The molecule has 0 aliphatic carbocycles. The summed E-state index contributed by atoms with van der Waals surface area (Å²) in [5, 5.41) is 9.01. The smallest absolute Gasteiger partial charge is 0.289 e. The van der Waals surface area contributed by atoms with Crippen LogP contribution in [0.2, 0.25) is 0 Å². The van der Waals surface area contributed by atoms with Gasteiger partial charge in [-0.15, -0.1) is 0 Å². The molecule has 1 fully saturated rings. The average Bonchev–Trinajstić information content (AvgIpc) is 3.48. The van der Waals surface area contributed by atoms with Crippen molar-refractivity contribution in [3.63, 3.8) is 0 Å². The molecule has 1 unspecified atom stereocenters. The van der Waals surface area contributed by atoms with Gasteiger partial charge in [-0.25, -0.2) is 0 Å². The number of hydrogen-bond acceptors (Lipinski definition) is 6. The summed E-state index contributed by atoms with van der Waals surface area (Å²) in [6.07, 6.45) is 4.41. The van der Waals surface area contributed by atoms with Gasteiger partial charge in [0, 0.05) is 29.9 Å². The quantitative estimate of drug-likeness (QED) is 0.157. The van der Waals surface area contributed by atoms with Crippen molar-refractivity contribution in [3.05, 3.63) is 71.8 Å². The number of rotatable bonds is 15. The monoisotopic (exact) mass is 583 g/mol. The summed E-state index contributed by atoms with van der Waals surface area (Å²) in [6.45, 7) is 5.73. The standard InChI is InChI=1S/C31H41N3O4S2/c1-4-32-31(38)29(36)28(26(22-13-7-5-8-14-22)23-15-9-6-10-16-23)34-30(37)27(21(2)3)33-25(35)18-12-11-17-24-19-20-39-40-24/h5-10,13-16,21,24,26-28H,4,11-12,17-20H2,1-3H3,(H,32,38)(H,33,35)(H,34,37)/t24?,27-,28-/m0/s1. The first-order valence-corrected chi connectivity index (χ1v) is 16.5. The van der Waals surface area contributed by atoms with Gasteiger partial charge in [0.25, 0.3) is 5.91 Å². The Kier molecular flexibility index (Phi) is 13.1. The SMILES string of the molecule is CCNC(=O)C(=O)[C@@H](NC(=O)[C@@H](NC(=O)CCCCC1CCSS1)C(C)C)C(c1ccccc1)c1ccccc1. The Hall–Kier alpha value is -2.78. The molecule has 40 heavy (non-hydrogen) atoms. The highest BCUT2D eigenvalue weighted by Crippen LogP contribution is 2.39. The van der Waals surface area contributed by atoms with Gasteiger partial charge < -0.3 is 16.0 Å². The Labute approximate surface area is 245 Å². The first kappa shape index (κ1) is 31.7. The molecule has 7 nitrogen and oxygen atoms in total. The molecule has 0 aromatic heterocycles. The zero-order valence-electron chi connectivity index (χ0n) is 23.6. The molecule has 3 amide bonds. The number of nitrogens with one attached hydrogen (secondary N) is 3. The van der Waals surface area contributed by atoms with Crippen LogP contribution >= 0.6 is 21.6 Å². The summed E-state index contributed by atoms with van der Waals surface area (Å²) in [5.74, 6) is -1.78. The molecular weight excluding hydrogens is 542 g/mol. The Bertz CT molecular complexity index is 1070. The summed E-state index contributed by atoms with van der Waals surface area (Å²) in [5.41, 5.74) is 1.58. The van der Waals surface area contributed by atoms with Crippen molar-refractivity contribution in [2.45, 2.75) is 76.1 Å². The fraction of sp³-hybridized carbons (Fsp3) is 0.484. The summed E-state index contributed by atoms with van der Waals surface area (Å²) >= 11 is 0. The summed E-state index contributed by atoms with van der Waals surface area (Å²) in [6, 6.07) is 16.7. The molecule has 2 aromatic rings. The highest BCUT2D eigenvalue weighted by atomic mass is 33.1. The molecule has 1 heterocycles. The number of benzene rings is 2. The minimum atomic E-state index is -1.16. The van der Waals surface area contributed by atoms with Crippen LogP contribution in [0.25, 0.3) is 0 Å². The Morgan fingerprint density at radius 2 is 1.50 bits per heavy atom. The lowest BCUT2D eigenvalue weighted by atomic mass is 9.82. The normalized spacial score (nSPS) is 16.4. The Balaban J connectivity index is 1.78. The first-order chi connectivity index (χ1) is 19.3. The molecule has 1 aliphatic rings. The van der Waals surface area contributed by atoms with E-state index < -0.39 is 35.6 Å². The Morgan fingerprint density at radius 3 is 2.02 bits per heavy atom. The fourth-order valence-electron chi connectivity index (χ4n) is 4.83. The fourth-order valence-corrected chi connectivity index (χ4v) is 7.86. The van der Waals surface area contributed by atoms with Crippen LogP contribution in [0.5, 0.6) is 0 Å².